The van der Waals surface area contributed by atoms with Crippen LogP contribution in [0.3, 0.4) is 0 Å². The van der Waals surface area contributed by atoms with Crippen LogP contribution in [0.25, 0.3) is 0 Å². The summed E-state index contributed by atoms with van der Waals surface area (Å²) in [6, 6.07) is 0. The number of aryl methyl sites for hydroxylation is 1. The third-order valence-corrected chi connectivity index (χ3v) is 2.89. The average molecular weight is 203 g/mol. The Hall–Kier alpha value is -0.160. The Bertz CT molecular complexity index is 224. The number of nitrogens with zero attached hydrogens (tertiary/aromatic N) is 3. The monoisotopic (exact) mass is 203 g/mol. The summed E-state index contributed by atoms with van der Waals surface area (Å²) < 4.78 is 1.80. The van der Waals surface area contributed by atoms with Crippen molar-refractivity contribution in [2.75, 3.05) is 11.5 Å². The van der Waals surface area contributed by atoms with E-state index in [4.69, 9.17) is 0 Å². The molecule has 0 aliphatic rings. The molecular formula is C7H13N3S2. The molecule has 0 bridgehead atoms. The first-order valence-electron chi connectivity index (χ1n) is 3.92. The highest BCUT2D eigenvalue weighted by atomic mass is 32.2. The van der Waals surface area contributed by atoms with Crippen LogP contribution < -0.4 is 0 Å². The predicted octanol–water partition coefficient (Wildman–Crippen LogP) is 1.62. The van der Waals surface area contributed by atoms with E-state index in [2.05, 4.69) is 22.7 Å². The lowest BCUT2D eigenvalue weighted by Gasteiger charge is -1.98. The van der Waals surface area contributed by atoms with Gasteiger partial charge in [-0.2, -0.15) is 17.7 Å². The van der Waals surface area contributed by atoms with Gasteiger partial charge in [-0.1, -0.05) is 11.8 Å². The van der Waals surface area contributed by atoms with Crippen LogP contribution >= 0.6 is 24.4 Å². The molecule has 12 heavy (non-hydrogen) atoms. The summed E-state index contributed by atoms with van der Waals surface area (Å²) in [6.45, 7) is 0. The minimum absolute atomic E-state index is 0.972. The maximum absolute atomic E-state index is 4.15. The number of hydrogen-bond acceptors (Lipinski definition) is 4. The third-order valence-electron chi connectivity index (χ3n) is 1.45. The van der Waals surface area contributed by atoms with Crippen molar-refractivity contribution in [3.05, 3.63) is 6.33 Å². The van der Waals surface area contributed by atoms with Crippen molar-refractivity contribution in [1.29, 1.82) is 0 Å². The lowest BCUT2D eigenvalue weighted by Crippen LogP contribution is -1.93. The summed E-state index contributed by atoms with van der Waals surface area (Å²) >= 11 is 5.90. The van der Waals surface area contributed by atoms with Crippen LogP contribution in [0.4, 0.5) is 0 Å². The van der Waals surface area contributed by atoms with Crippen molar-refractivity contribution < 1.29 is 0 Å². The Morgan fingerprint density at radius 3 is 3.00 bits per heavy atom. The Kier molecular flexibility index (Phi) is 4.53. The molecule has 1 rings (SSSR count). The van der Waals surface area contributed by atoms with Crippen LogP contribution in [0.1, 0.15) is 12.8 Å². The fourth-order valence-corrected chi connectivity index (χ4v) is 1.90. The molecule has 0 spiro atoms. The summed E-state index contributed by atoms with van der Waals surface area (Å²) in [7, 11) is 1.91. The topological polar surface area (TPSA) is 30.7 Å². The molecule has 0 saturated heterocycles. The Balaban J connectivity index is 2.20. The van der Waals surface area contributed by atoms with E-state index >= 15 is 0 Å². The Morgan fingerprint density at radius 1 is 1.58 bits per heavy atom. The smallest absolute Gasteiger partial charge is 0.185 e. The van der Waals surface area contributed by atoms with E-state index in [0.717, 1.165) is 16.7 Å². The van der Waals surface area contributed by atoms with Crippen LogP contribution in [0.15, 0.2) is 11.5 Å². The first-order valence-corrected chi connectivity index (χ1v) is 5.54. The molecule has 0 aliphatic carbocycles. The molecule has 0 N–H and O–H groups in total. The second kappa shape index (κ2) is 5.48. The third kappa shape index (κ3) is 3.06. The van der Waals surface area contributed by atoms with Gasteiger partial charge in [0.25, 0.3) is 0 Å². The normalized spacial score (nSPS) is 10.5. The van der Waals surface area contributed by atoms with Gasteiger partial charge < -0.3 is 0 Å². The zero-order chi connectivity index (χ0) is 8.81. The molecule has 0 unspecified atom stereocenters. The molecule has 1 aromatic rings. The van der Waals surface area contributed by atoms with E-state index in [1.165, 1.54) is 12.8 Å². The molecule has 0 aliphatic heterocycles. The maximum Gasteiger partial charge on any atom is 0.185 e. The van der Waals surface area contributed by atoms with Gasteiger partial charge in [-0.3, -0.25) is 0 Å². The Morgan fingerprint density at radius 2 is 2.42 bits per heavy atom. The molecule has 68 valence electrons. The quantitative estimate of drug-likeness (QED) is 0.448. The molecule has 5 heteroatoms. The summed E-state index contributed by atoms with van der Waals surface area (Å²) in [5.41, 5.74) is 0. The van der Waals surface area contributed by atoms with Gasteiger partial charge in [0.2, 0.25) is 0 Å². The lowest BCUT2D eigenvalue weighted by molar-refractivity contribution is 0.684. The van der Waals surface area contributed by atoms with E-state index in [-0.39, 0.29) is 0 Å². The Labute approximate surface area is 82.4 Å². The van der Waals surface area contributed by atoms with E-state index < -0.39 is 0 Å². The van der Waals surface area contributed by atoms with Crippen molar-refractivity contribution in [1.82, 2.24) is 14.8 Å². The van der Waals surface area contributed by atoms with Crippen LogP contribution in [0, 0.1) is 0 Å². The van der Waals surface area contributed by atoms with Crippen LogP contribution in [0.2, 0.25) is 0 Å². The van der Waals surface area contributed by atoms with Crippen LogP contribution in [-0.2, 0) is 7.05 Å². The van der Waals surface area contributed by atoms with E-state index in [1.54, 1.807) is 22.8 Å². The van der Waals surface area contributed by atoms with Gasteiger partial charge in [0.1, 0.15) is 6.33 Å². The van der Waals surface area contributed by atoms with Gasteiger partial charge >= 0.3 is 0 Å². The number of aromatic nitrogens is 3. The fourth-order valence-electron chi connectivity index (χ4n) is 0.794. The second-order valence-corrected chi connectivity index (χ2v) is 3.95. The summed E-state index contributed by atoms with van der Waals surface area (Å²) in [5, 5.41) is 4.98. The van der Waals surface area contributed by atoms with Gasteiger partial charge in [0, 0.05) is 12.8 Å². The molecule has 0 atom stereocenters. The van der Waals surface area contributed by atoms with Gasteiger partial charge in [-0.05, 0) is 18.6 Å². The fraction of sp³-hybridized carbons (Fsp3) is 0.714. The van der Waals surface area contributed by atoms with Gasteiger partial charge in [-0.25, -0.2) is 9.67 Å². The minimum Gasteiger partial charge on any atom is -0.244 e. The first kappa shape index (κ1) is 9.92. The lowest BCUT2D eigenvalue weighted by atomic mass is 10.4. The number of thiol groups is 1. The molecule has 0 amide bonds. The highest BCUT2D eigenvalue weighted by Crippen LogP contribution is 2.14. The van der Waals surface area contributed by atoms with E-state index in [0.29, 0.717) is 0 Å². The van der Waals surface area contributed by atoms with Crippen molar-refractivity contribution in [3.63, 3.8) is 0 Å². The molecule has 0 radical (unpaired) electrons. The average Bonchev–Trinajstić information content (AvgIpc) is 2.46. The zero-order valence-electron chi connectivity index (χ0n) is 7.10. The van der Waals surface area contributed by atoms with E-state index in [1.807, 2.05) is 7.05 Å². The maximum atomic E-state index is 4.15. The summed E-state index contributed by atoms with van der Waals surface area (Å²) in [6.07, 6.45) is 3.95. The number of thioether (sulfide) groups is 1. The highest BCUT2D eigenvalue weighted by Gasteiger charge is 1.99. The first-order chi connectivity index (χ1) is 5.84. The molecule has 0 saturated carbocycles. The molecule has 1 aromatic heterocycles. The summed E-state index contributed by atoms with van der Waals surface area (Å²) in [5.74, 6) is 2.08. The highest BCUT2D eigenvalue weighted by molar-refractivity contribution is 7.99. The minimum atomic E-state index is 0.972. The van der Waals surface area contributed by atoms with Crippen LogP contribution in [-0.4, -0.2) is 26.3 Å². The molecule has 0 aromatic carbocycles. The number of unbranched alkanes of at least 4 members (excludes halogenated alkanes) is 1. The van der Waals surface area contributed by atoms with Crippen molar-refractivity contribution >= 4 is 24.4 Å². The second-order valence-electron chi connectivity index (χ2n) is 2.45. The van der Waals surface area contributed by atoms with Gasteiger partial charge in [0.05, 0.1) is 0 Å². The van der Waals surface area contributed by atoms with Crippen LogP contribution in [0.5, 0.6) is 0 Å². The predicted molar refractivity (Wildman–Crippen MR) is 54.8 cm³/mol. The van der Waals surface area contributed by atoms with Gasteiger partial charge in [0.15, 0.2) is 5.16 Å². The number of hydrogen-bond donors (Lipinski definition) is 1. The van der Waals surface area contributed by atoms with Gasteiger partial charge in [-0.15, -0.1) is 0 Å². The summed E-state index contributed by atoms with van der Waals surface area (Å²) in [4.78, 5) is 4.11. The molecule has 0 fully saturated rings. The molecular weight excluding hydrogens is 190 g/mol. The van der Waals surface area contributed by atoms with Crippen molar-refractivity contribution in [2.24, 2.45) is 7.05 Å². The molecule has 1 heterocycles. The van der Waals surface area contributed by atoms with Crippen molar-refractivity contribution in [3.8, 4) is 0 Å². The SMILES string of the molecule is Cn1ncnc1SCCCCS. The van der Waals surface area contributed by atoms with Crippen molar-refractivity contribution in [2.45, 2.75) is 18.0 Å². The van der Waals surface area contributed by atoms with E-state index in [9.17, 15) is 0 Å². The zero-order valence-corrected chi connectivity index (χ0v) is 8.81. The standard InChI is InChI=1S/C7H13N3S2/c1-10-7(8-6-9-10)12-5-3-2-4-11/h6,11H,2-5H2,1H3. The molecule has 3 nitrogen and oxygen atoms in total. The number of rotatable bonds is 5. The largest absolute Gasteiger partial charge is 0.244 e.